The van der Waals surface area contributed by atoms with Gasteiger partial charge in [0.1, 0.15) is 6.42 Å². The Morgan fingerprint density at radius 2 is 2.00 bits per heavy atom. The van der Waals surface area contributed by atoms with Gasteiger partial charge >= 0.3 is 5.97 Å². The van der Waals surface area contributed by atoms with Crippen LogP contribution in [0.1, 0.15) is 18.9 Å². The molecule has 0 unspecified atom stereocenters. The molecule has 0 radical (unpaired) electrons. The highest BCUT2D eigenvalue weighted by atomic mass is 16.5. The van der Waals surface area contributed by atoms with Crippen LogP contribution < -0.4 is 5.32 Å². The topological polar surface area (TPSA) is 55.4 Å². The monoisotopic (exact) mass is 221 g/mol. The van der Waals surface area contributed by atoms with Crippen LogP contribution in [0, 0.1) is 0 Å². The number of esters is 1. The molecule has 16 heavy (non-hydrogen) atoms. The third kappa shape index (κ3) is 3.38. The van der Waals surface area contributed by atoms with Crippen LogP contribution in [-0.2, 0) is 20.7 Å². The van der Waals surface area contributed by atoms with Gasteiger partial charge in [-0.15, -0.1) is 0 Å². The smallest absolute Gasteiger partial charge is 0.315 e. The molecule has 0 aliphatic rings. The van der Waals surface area contributed by atoms with Crippen molar-refractivity contribution in [2.75, 3.05) is 12.4 Å². The number of carbonyl (C=O) groups excluding carboxylic acids is 2. The van der Waals surface area contributed by atoms with Crippen LogP contribution in [0.3, 0.4) is 0 Å². The number of aryl methyl sites for hydroxylation is 1. The number of nitrogens with one attached hydrogen (secondary N) is 1. The van der Waals surface area contributed by atoms with E-state index in [1.165, 1.54) is 7.11 Å². The maximum absolute atomic E-state index is 11.4. The highest BCUT2D eigenvalue weighted by Crippen LogP contribution is 2.15. The van der Waals surface area contributed by atoms with Gasteiger partial charge in [-0.3, -0.25) is 9.59 Å². The van der Waals surface area contributed by atoms with Crippen LogP contribution in [0.15, 0.2) is 24.3 Å². The molecule has 0 aliphatic carbocycles. The molecule has 1 aromatic rings. The number of carbonyl (C=O) groups is 2. The van der Waals surface area contributed by atoms with Crippen molar-refractivity contribution < 1.29 is 14.3 Å². The van der Waals surface area contributed by atoms with Crippen molar-refractivity contribution in [3.8, 4) is 0 Å². The lowest BCUT2D eigenvalue weighted by Crippen LogP contribution is -2.17. The normalized spacial score (nSPS) is 9.62. The van der Waals surface area contributed by atoms with Crippen LogP contribution in [0.2, 0.25) is 0 Å². The maximum Gasteiger partial charge on any atom is 0.315 e. The van der Waals surface area contributed by atoms with Gasteiger partial charge in [0.15, 0.2) is 0 Å². The summed E-state index contributed by atoms with van der Waals surface area (Å²) >= 11 is 0. The third-order valence-corrected chi connectivity index (χ3v) is 2.20. The zero-order chi connectivity index (χ0) is 12.0. The first-order valence-corrected chi connectivity index (χ1v) is 5.12. The molecular formula is C12H15NO3. The molecule has 0 aromatic heterocycles. The van der Waals surface area contributed by atoms with Gasteiger partial charge in [0.25, 0.3) is 0 Å². The summed E-state index contributed by atoms with van der Waals surface area (Å²) in [5.74, 6) is -0.890. The first-order valence-electron chi connectivity index (χ1n) is 5.12. The van der Waals surface area contributed by atoms with Gasteiger partial charge in [-0.2, -0.15) is 0 Å². The molecule has 0 atom stereocenters. The molecule has 4 nitrogen and oxygen atoms in total. The molecule has 0 bridgehead atoms. The second kappa shape index (κ2) is 5.90. The molecule has 1 amide bonds. The summed E-state index contributed by atoms with van der Waals surface area (Å²) in [6, 6.07) is 7.50. The fourth-order valence-corrected chi connectivity index (χ4v) is 1.35. The number of ether oxygens (including phenoxy) is 1. The molecule has 0 saturated heterocycles. The Morgan fingerprint density at radius 3 is 2.62 bits per heavy atom. The molecular weight excluding hydrogens is 206 g/mol. The Morgan fingerprint density at radius 1 is 1.31 bits per heavy atom. The van der Waals surface area contributed by atoms with Crippen molar-refractivity contribution in [2.45, 2.75) is 19.8 Å². The van der Waals surface area contributed by atoms with Gasteiger partial charge in [0.05, 0.1) is 7.11 Å². The SMILES string of the molecule is CCc1ccccc1NC(=O)CC(=O)OC. The Hall–Kier alpha value is -1.84. The van der Waals surface area contributed by atoms with E-state index in [0.717, 1.165) is 17.7 Å². The summed E-state index contributed by atoms with van der Waals surface area (Å²) < 4.78 is 4.42. The second-order valence-corrected chi connectivity index (χ2v) is 3.31. The van der Waals surface area contributed by atoms with Gasteiger partial charge in [-0.05, 0) is 18.1 Å². The van der Waals surface area contributed by atoms with E-state index in [1.54, 1.807) is 0 Å². The van der Waals surface area contributed by atoms with Crippen LogP contribution in [0.25, 0.3) is 0 Å². The summed E-state index contributed by atoms with van der Waals surface area (Å²) in [5, 5.41) is 2.69. The van der Waals surface area contributed by atoms with Crippen molar-refractivity contribution >= 4 is 17.6 Å². The zero-order valence-electron chi connectivity index (χ0n) is 9.45. The molecule has 86 valence electrons. The lowest BCUT2D eigenvalue weighted by molar-refractivity contribution is -0.142. The van der Waals surface area contributed by atoms with E-state index in [9.17, 15) is 9.59 Å². The van der Waals surface area contributed by atoms with E-state index < -0.39 is 5.97 Å². The number of rotatable bonds is 4. The fraction of sp³-hybridized carbons (Fsp3) is 0.333. The largest absolute Gasteiger partial charge is 0.469 e. The lowest BCUT2D eigenvalue weighted by Gasteiger charge is -2.08. The van der Waals surface area contributed by atoms with E-state index in [1.807, 2.05) is 31.2 Å². The standard InChI is InChI=1S/C12H15NO3/c1-3-9-6-4-5-7-10(9)13-11(14)8-12(15)16-2/h4-7H,3,8H2,1-2H3,(H,13,14). The molecule has 1 N–H and O–H groups in total. The van der Waals surface area contributed by atoms with Gasteiger partial charge in [-0.1, -0.05) is 25.1 Å². The summed E-state index contributed by atoms with van der Waals surface area (Å²) in [7, 11) is 1.26. The van der Waals surface area contributed by atoms with Crippen LogP contribution in [-0.4, -0.2) is 19.0 Å². The highest BCUT2D eigenvalue weighted by molar-refractivity contribution is 6.02. The van der Waals surface area contributed by atoms with Gasteiger partial charge < -0.3 is 10.1 Å². The van der Waals surface area contributed by atoms with Crippen molar-refractivity contribution in [1.29, 1.82) is 0 Å². The summed E-state index contributed by atoms with van der Waals surface area (Å²) in [5.41, 5.74) is 1.79. The van der Waals surface area contributed by atoms with Crippen LogP contribution in [0.4, 0.5) is 5.69 Å². The van der Waals surface area contributed by atoms with Crippen molar-refractivity contribution in [1.82, 2.24) is 0 Å². The van der Waals surface area contributed by atoms with Gasteiger partial charge in [-0.25, -0.2) is 0 Å². The van der Waals surface area contributed by atoms with E-state index in [4.69, 9.17) is 0 Å². The van der Waals surface area contributed by atoms with E-state index in [2.05, 4.69) is 10.1 Å². The lowest BCUT2D eigenvalue weighted by atomic mass is 10.1. The highest BCUT2D eigenvalue weighted by Gasteiger charge is 2.10. The van der Waals surface area contributed by atoms with Crippen molar-refractivity contribution in [3.63, 3.8) is 0 Å². The number of hydrogen-bond acceptors (Lipinski definition) is 3. The molecule has 0 saturated carbocycles. The number of hydrogen-bond donors (Lipinski definition) is 1. The Labute approximate surface area is 94.6 Å². The summed E-state index contributed by atoms with van der Waals surface area (Å²) in [6.07, 6.45) is 0.573. The van der Waals surface area contributed by atoms with Gasteiger partial charge in [0.2, 0.25) is 5.91 Å². The molecule has 0 aliphatic heterocycles. The predicted octanol–water partition coefficient (Wildman–Crippen LogP) is 1.75. The van der Waals surface area contributed by atoms with Crippen molar-refractivity contribution in [3.05, 3.63) is 29.8 Å². The van der Waals surface area contributed by atoms with Crippen LogP contribution >= 0.6 is 0 Å². The van der Waals surface area contributed by atoms with Gasteiger partial charge in [0, 0.05) is 5.69 Å². The minimum absolute atomic E-state index is 0.255. The molecule has 0 spiro atoms. The third-order valence-electron chi connectivity index (χ3n) is 2.20. The first kappa shape index (κ1) is 12.2. The summed E-state index contributed by atoms with van der Waals surface area (Å²) in [6.45, 7) is 2.01. The average molecular weight is 221 g/mol. The number of amides is 1. The number of anilines is 1. The fourth-order valence-electron chi connectivity index (χ4n) is 1.35. The molecule has 1 rings (SSSR count). The first-order chi connectivity index (χ1) is 7.67. The average Bonchev–Trinajstić information content (AvgIpc) is 2.29. The Kier molecular flexibility index (Phi) is 4.51. The number of methoxy groups -OCH3 is 1. The van der Waals surface area contributed by atoms with E-state index in [-0.39, 0.29) is 12.3 Å². The molecule has 0 heterocycles. The quantitative estimate of drug-likeness (QED) is 0.622. The Balaban J connectivity index is 2.65. The van der Waals surface area contributed by atoms with E-state index >= 15 is 0 Å². The zero-order valence-corrected chi connectivity index (χ0v) is 9.45. The number of para-hydroxylation sites is 1. The minimum Gasteiger partial charge on any atom is -0.469 e. The van der Waals surface area contributed by atoms with Crippen molar-refractivity contribution in [2.24, 2.45) is 0 Å². The molecule has 4 heteroatoms. The number of benzene rings is 1. The van der Waals surface area contributed by atoms with Crippen LogP contribution in [0.5, 0.6) is 0 Å². The predicted molar refractivity (Wildman–Crippen MR) is 61.1 cm³/mol. The maximum atomic E-state index is 11.4. The minimum atomic E-state index is -0.536. The second-order valence-electron chi connectivity index (χ2n) is 3.31. The van der Waals surface area contributed by atoms with E-state index in [0.29, 0.717) is 0 Å². The molecule has 0 fully saturated rings. The Bertz CT molecular complexity index is 388. The summed E-state index contributed by atoms with van der Waals surface area (Å²) in [4.78, 5) is 22.3. The molecule has 1 aromatic carbocycles.